The fraction of sp³-hybridized carbons (Fsp3) is 0.400. The number of rotatable bonds is 4. The van der Waals surface area contributed by atoms with Crippen LogP contribution in [-0.4, -0.2) is 18.1 Å². The molecule has 1 aromatic heterocycles. The zero-order valence-electron chi connectivity index (χ0n) is 9.04. The van der Waals surface area contributed by atoms with Gasteiger partial charge in [-0.25, -0.2) is 13.8 Å². The first-order valence-corrected chi connectivity index (χ1v) is 4.72. The average Bonchev–Trinajstić information content (AvgIpc) is 2.28. The summed E-state index contributed by atoms with van der Waals surface area (Å²) in [7, 11) is 1.14. The summed E-state index contributed by atoms with van der Waals surface area (Å²) in [5.41, 5.74) is 4.17. The summed E-state index contributed by atoms with van der Waals surface area (Å²) in [6, 6.07) is 0.965. The first-order chi connectivity index (χ1) is 7.99. The van der Waals surface area contributed by atoms with Crippen molar-refractivity contribution >= 4 is 5.97 Å². The van der Waals surface area contributed by atoms with Crippen molar-refractivity contribution in [3.8, 4) is 0 Å². The van der Waals surface area contributed by atoms with Gasteiger partial charge in [0, 0.05) is 17.7 Å². The normalized spacial score (nSPS) is 10.7. The van der Waals surface area contributed by atoms with E-state index in [2.05, 4.69) is 9.72 Å². The third-order valence-electron chi connectivity index (χ3n) is 2.15. The number of aromatic nitrogens is 1. The third kappa shape index (κ3) is 3.16. The number of alkyl halides is 2. The highest BCUT2D eigenvalue weighted by molar-refractivity contribution is 5.71. The molecule has 0 bridgehead atoms. The smallest absolute Gasteiger partial charge is 0.311 e. The fourth-order valence-electron chi connectivity index (χ4n) is 1.32. The van der Waals surface area contributed by atoms with Crippen LogP contribution in [-0.2, 0) is 22.5 Å². The number of nitrogens with two attached hydrogens (primary N) is 1. The monoisotopic (exact) mass is 248 g/mol. The molecule has 0 aliphatic rings. The van der Waals surface area contributed by atoms with Crippen LogP contribution in [0.1, 0.15) is 23.2 Å². The summed E-state index contributed by atoms with van der Waals surface area (Å²) in [4.78, 5) is 14.3. The quantitative estimate of drug-likeness (QED) is 0.645. The van der Waals surface area contributed by atoms with E-state index in [1.54, 1.807) is 0 Å². The van der Waals surface area contributed by atoms with Gasteiger partial charge in [0.25, 0.3) is 6.43 Å². The number of carbonyl (C=O) groups is 1. The van der Waals surface area contributed by atoms with Crippen LogP contribution in [0.4, 0.5) is 13.2 Å². The first kappa shape index (κ1) is 13.4. The number of nitrogens with zero attached hydrogens (tertiary/aromatic N) is 1. The Balaban J connectivity index is 3.15. The van der Waals surface area contributed by atoms with E-state index in [1.165, 1.54) is 0 Å². The molecular weight excluding hydrogens is 237 g/mol. The summed E-state index contributed by atoms with van der Waals surface area (Å²) in [6.45, 7) is -0.378. The lowest BCUT2D eigenvalue weighted by molar-refractivity contribution is -0.139. The Hall–Kier alpha value is -1.63. The van der Waals surface area contributed by atoms with Crippen molar-refractivity contribution in [3.05, 3.63) is 28.8 Å². The second-order valence-corrected chi connectivity index (χ2v) is 3.23. The maximum absolute atomic E-state index is 13.3. The van der Waals surface area contributed by atoms with Crippen molar-refractivity contribution in [2.75, 3.05) is 7.11 Å². The van der Waals surface area contributed by atoms with Gasteiger partial charge in [-0.05, 0) is 6.07 Å². The van der Waals surface area contributed by atoms with E-state index in [-0.39, 0.29) is 24.2 Å². The van der Waals surface area contributed by atoms with E-state index in [1.807, 2.05) is 0 Å². The van der Waals surface area contributed by atoms with Gasteiger partial charge >= 0.3 is 5.97 Å². The standard InChI is InChI=1S/C10H11F3N2O2/c1-17-8(16)3-5-2-6(9(11)12)7(4-14)10(13)15-5/h2,9H,3-4,14H2,1H3. The highest BCUT2D eigenvalue weighted by Crippen LogP contribution is 2.25. The molecule has 1 rings (SSSR count). The second kappa shape index (κ2) is 5.62. The molecule has 1 aromatic rings. The van der Waals surface area contributed by atoms with Crippen LogP contribution in [0.3, 0.4) is 0 Å². The molecule has 0 amide bonds. The first-order valence-electron chi connectivity index (χ1n) is 4.72. The van der Waals surface area contributed by atoms with Crippen molar-refractivity contribution < 1.29 is 22.7 Å². The molecule has 2 N–H and O–H groups in total. The molecule has 7 heteroatoms. The second-order valence-electron chi connectivity index (χ2n) is 3.23. The molecule has 0 unspecified atom stereocenters. The molecule has 4 nitrogen and oxygen atoms in total. The number of methoxy groups -OCH3 is 1. The van der Waals surface area contributed by atoms with Crippen molar-refractivity contribution in [2.24, 2.45) is 5.73 Å². The SMILES string of the molecule is COC(=O)Cc1cc(C(F)F)c(CN)c(F)n1. The summed E-state index contributed by atoms with van der Waals surface area (Å²) in [5, 5.41) is 0. The number of hydrogen-bond donors (Lipinski definition) is 1. The number of pyridine rings is 1. The Morgan fingerprint density at radius 3 is 2.71 bits per heavy atom. The molecule has 0 saturated heterocycles. The predicted octanol–water partition coefficient (Wildman–Crippen LogP) is 1.33. The number of ether oxygens (including phenoxy) is 1. The van der Waals surface area contributed by atoms with Gasteiger partial charge in [0.1, 0.15) is 0 Å². The largest absolute Gasteiger partial charge is 0.469 e. The number of esters is 1. The van der Waals surface area contributed by atoms with E-state index in [0.29, 0.717) is 0 Å². The van der Waals surface area contributed by atoms with Gasteiger partial charge < -0.3 is 10.5 Å². The Morgan fingerprint density at radius 1 is 1.59 bits per heavy atom. The minimum absolute atomic E-state index is 0.109. The fourth-order valence-corrected chi connectivity index (χ4v) is 1.32. The Morgan fingerprint density at radius 2 is 2.24 bits per heavy atom. The van der Waals surface area contributed by atoms with Gasteiger partial charge in [-0.1, -0.05) is 0 Å². The van der Waals surface area contributed by atoms with Crippen molar-refractivity contribution in [2.45, 2.75) is 19.4 Å². The molecule has 0 fully saturated rings. The minimum atomic E-state index is -2.87. The van der Waals surface area contributed by atoms with Crippen LogP contribution in [0.2, 0.25) is 0 Å². The van der Waals surface area contributed by atoms with Gasteiger partial charge in [0.15, 0.2) is 0 Å². The molecule has 0 atom stereocenters. The van der Waals surface area contributed by atoms with Gasteiger partial charge in [-0.2, -0.15) is 4.39 Å². The third-order valence-corrected chi connectivity index (χ3v) is 2.15. The molecule has 0 aliphatic carbocycles. The molecule has 17 heavy (non-hydrogen) atoms. The molecule has 0 radical (unpaired) electrons. The molecular formula is C10H11F3N2O2. The molecule has 0 aliphatic heterocycles. The molecule has 0 saturated carbocycles. The van der Waals surface area contributed by atoms with Crippen LogP contribution in [0, 0.1) is 5.95 Å². The predicted molar refractivity (Wildman–Crippen MR) is 52.8 cm³/mol. The van der Waals surface area contributed by atoms with Gasteiger partial charge in [-0.3, -0.25) is 4.79 Å². The van der Waals surface area contributed by atoms with Crippen molar-refractivity contribution in [1.29, 1.82) is 0 Å². The van der Waals surface area contributed by atoms with Crippen LogP contribution >= 0.6 is 0 Å². The van der Waals surface area contributed by atoms with E-state index in [0.717, 1.165) is 13.2 Å². The van der Waals surface area contributed by atoms with Gasteiger partial charge in [-0.15, -0.1) is 0 Å². The van der Waals surface area contributed by atoms with Crippen molar-refractivity contribution in [3.63, 3.8) is 0 Å². The summed E-state index contributed by atoms with van der Waals surface area (Å²) in [6.07, 6.45) is -3.24. The highest BCUT2D eigenvalue weighted by atomic mass is 19.3. The lowest BCUT2D eigenvalue weighted by Crippen LogP contribution is -2.12. The highest BCUT2D eigenvalue weighted by Gasteiger charge is 2.19. The molecule has 0 aromatic carbocycles. The number of carbonyl (C=O) groups excluding carboxylic acids is 1. The Kier molecular flexibility index (Phi) is 4.45. The van der Waals surface area contributed by atoms with Crippen LogP contribution in [0.5, 0.6) is 0 Å². The summed E-state index contributed by atoms with van der Waals surface area (Å²) >= 11 is 0. The molecule has 94 valence electrons. The average molecular weight is 248 g/mol. The van der Waals surface area contributed by atoms with Crippen LogP contribution < -0.4 is 5.73 Å². The Labute approximate surface area is 95.6 Å². The molecule has 0 spiro atoms. The Bertz CT molecular complexity index is 424. The zero-order chi connectivity index (χ0) is 13.0. The zero-order valence-corrected chi connectivity index (χ0v) is 9.04. The minimum Gasteiger partial charge on any atom is -0.469 e. The maximum atomic E-state index is 13.3. The van der Waals surface area contributed by atoms with Gasteiger partial charge in [0.05, 0.1) is 19.2 Å². The van der Waals surface area contributed by atoms with E-state index in [4.69, 9.17) is 5.73 Å². The number of hydrogen-bond acceptors (Lipinski definition) is 4. The maximum Gasteiger partial charge on any atom is 0.311 e. The van der Waals surface area contributed by atoms with E-state index >= 15 is 0 Å². The van der Waals surface area contributed by atoms with Crippen molar-refractivity contribution in [1.82, 2.24) is 4.98 Å². The lowest BCUT2D eigenvalue weighted by atomic mass is 10.1. The van der Waals surface area contributed by atoms with Crippen LogP contribution in [0.25, 0.3) is 0 Å². The topological polar surface area (TPSA) is 65.2 Å². The lowest BCUT2D eigenvalue weighted by Gasteiger charge is -2.09. The van der Waals surface area contributed by atoms with E-state index < -0.39 is 23.9 Å². The van der Waals surface area contributed by atoms with E-state index in [9.17, 15) is 18.0 Å². The van der Waals surface area contributed by atoms with Crippen LogP contribution in [0.15, 0.2) is 6.07 Å². The summed E-state index contributed by atoms with van der Waals surface area (Å²) < 4.78 is 42.9. The summed E-state index contributed by atoms with van der Waals surface area (Å²) in [5.74, 6) is -1.76. The number of halogens is 3. The molecule has 1 heterocycles. The van der Waals surface area contributed by atoms with Gasteiger partial charge in [0.2, 0.25) is 5.95 Å².